The standard InChI is InChI=1S/C32H37Cl2N3O4S/c1-22-16-18-27(19-17-22)42(40,41)37(30-15-9-14-28(33)23(30)2)21-31(38)36(20-25-10-7-8-13-29(25)34)24(3)32(39)35-26-11-5-4-6-12-26/h7-10,13-19,24,26H,4-6,11-12,20-21H2,1-3H3,(H,35,39)/t24-/m0/s1. The summed E-state index contributed by atoms with van der Waals surface area (Å²) >= 11 is 12.9. The van der Waals surface area contributed by atoms with Gasteiger partial charge in [0.05, 0.1) is 10.6 Å². The molecule has 3 aromatic rings. The average Bonchev–Trinajstić information content (AvgIpc) is 2.97. The van der Waals surface area contributed by atoms with Crippen molar-refractivity contribution in [1.29, 1.82) is 0 Å². The van der Waals surface area contributed by atoms with Gasteiger partial charge in [-0.1, -0.05) is 84.4 Å². The molecule has 0 unspecified atom stereocenters. The molecule has 0 aromatic heterocycles. The summed E-state index contributed by atoms with van der Waals surface area (Å²) in [4.78, 5) is 29.1. The zero-order valence-corrected chi connectivity index (χ0v) is 26.5. The number of benzene rings is 3. The molecule has 0 aliphatic heterocycles. The van der Waals surface area contributed by atoms with Crippen LogP contribution in [0.2, 0.25) is 10.0 Å². The van der Waals surface area contributed by atoms with Crippen LogP contribution in [0.25, 0.3) is 0 Å². The Hall–Kier alpha value is -3.07. The van der Waals surface area contributed by atoms with Gasteiger partial charge in [0.2, 0.25) is 11.8 Å². The van der Waals surface area contributed by atoms with E-state index in [4.69, 9.17) is 23.2 Å². The van der Waals surface area contributed by atoms with E-state index in [2.05, 4.69) is 5.32 Å². The lowest BCUT2D eigenvalue weighted by molar-refractivity contribution is -0.139. The van der Waals surface area contributed by atoms with Gasteiger partial charge in [0.15, 0.2) is 0 Å². The fourth-order valence-corrected chi connectivity index (χ4v) is 7.02. The molecule has 3 aromatic carbocycles. The van der Waals surface area contributed by atoms with Crippen molar-refractivity contribution in [1.82, 2.24) is 10.2 Å². The molecule has 10 heteroatoms. The first kappa shape index (κ1) is 31.9. The first-order chi connectivity index (χ1) is 20.0. The number of carbonyl (C=O) groups is 2. The van der Waals surface area contributed by atoms with E-state index in [9.17, 15) is 18.0 Å². The molecule has 0 saturated heterocycles. The number of amides is 2. The van der Waals surface area contributed by atoms with Gasteiger partial charge in [-0.3, -0.25) is 13.9 Å². The van der Waals surface area contributed by atoms with Crippen LogP contribution in [0.3, 0.4) is 0 Å². The number of nitrogens with zero attached hydrogens (tertiary/aromatic N) is 2. The fraction of sp³-hybridized carbons (Fsp3) is 0.375. The summed E-state index contributed by atoms with van der Waals surface area (Å²) < 4.78 is 29.2. The maximum Gasteiger partial charge on any atom is 0.264 e. The number of nitrogens with one attached hydrogen (secondary N) is 1. The second-order valence-electron chi connectivity index (χ2n) is 10.8. The van der Waals surface area contributed by atoms with E-state index in [0.717, 1.165) is 42.0 Å². The number of sulfonamides is 1. The molecule has 7 nitrogen and oxygen atoms in total. The van der Waals surface area contributed by atoms with Gasteiger partial charge in [-0.05, 0) is 75.1 Å². The third kappa shape index (κ3) is 7.46. The quantitative estimate of drug-likeness (QED) is 0.271. The molecule has 224 valence electrons. The van der Waals surface area contributed by atoms with Crippen molar-refractivity contribution in [3.8, 4) is 0 Å². The van der Waals surface area contributed by atoms with Gasteiger partial charge in [0.1, 0.15) is 12.6 Å². The topological polar surface area (TPSA) is 86.8 Å². The fourth-order valence-electron chi connectivity index (χ4n) is 5.18. The Morgan fingerprint density at radius 3 is 2.21 bits per heavy atom. The normalized spacial score (nSPS) is 14.7. The molecule has 0 bridgehead atoms. The zero-order chi connectivity index (χ0) is 30.4. The number of carbonyl (C=O) groups excluding carboxylic acids is 2. The molecule has 1 fully saturated rings. The van der Waals surface area contributed by atoms with Gasteiger partial charge in [0, 0.05) is 22.6 Å². The molecule has 0 heterocycles. The van der Waals surface area contributed by atoms with Gasteiger partial charge in [-0.25, -0.2) is 8.42 Å². The van der Waals surface area contributed by atoms with Crippen LogP contribution >= 0.6 is 23.2 Å². The molecule has 4 rings (SSSR count). The van der Waals surface area contributed by atoms with Crippen LogP contribution in [0, 0.1) is 13.8 Å². The molecule has 1 saturated carbocycles. The van der Waals surface area contributed by atoms with E-state index < -0.39 is 28.5 Å². The van der Waals surface area contributed by atoms with Gasteiger partial charge in [0.25, 0.3) is 10.0 Å². The monoisotopic (exact) mass is 629 g/mol. The van der Waals surface area contributed by atoms with Crippen molar-refractivity contribution in [3.05, 3.63) is 93.5 Å². The van der Waals surface area contributed by atoms with Gasteiger partial charge >= 0.3 is 0 Å². The SMILES string of the molecule is Cc1ccc(S(=O)(=O)N(CC(=O)N(Cc2ccccc2Cl)[C@@H](C)C(=O)NC2CCCCC2)c2cccc(Cl)c2C)cc1. The van der Waals surface area contributed by atoms with Crippen LogP contribution in [0.5, 0.6) is 0 Å². The van der Waals surface area contributed by atoms with Crippen LogP contribution in [-0.2, 0) is 26.2 Å². The summed E-state index contributed by atoms with van der Waals surface area (Å²) in [6.07, 6.45) is 5.03. The lowest BCUT2D eigenvalue weighted by Gasteiger charge is -2.33. The lowest BCUT2D eigenvalue weighted by Crippen LogP contribution is -2.53. The highest BCUT2D eigenvalue weighted by molar-refractivity contribution is 7.92. The first-order valence-electron chi connectivity index (χ1n) is 14.2. The average molecular weight is 631 g/mol. The predicted molar refractivity (Wildman–Crippen MR) is 168 cm³/mol. The summed E-state index contributed by atoms with van der Waals surface area (Å²) in [5.74, 6) is -0.828. The van der Waals surface area contributed by atoms with Crippen LogP contribution in [0.1, 0.15) is 55.7 Å². The Bertz CT molecular complexity index is 1520. The predicted octanol–water partition coefficient (Wildman–Crippen LogP) is 6.67. The van der Waals surface area contributed by atoms with E-state index in [-0.39, 0.29) is 29.1 Å². The van der Waals surface area contributed by atoms with Gasteiger partial charge in [-0.15, -0.1) is 0 Å². The Morgan fingerprint density at radius 2 is 1.55 bits per heavy atom. The molecule has 1 aliphatic rings. The van der Waals surface area contributed by atoms with Crippen molar-refractivity contribution in [2.45, 2.75) is 76.4 Å². The summed E-state index contributed by atoms with van der Waals surface area (Å²) in [6, 6.07) is 17.7. The summed E-state index contributed by atoms with van der Waals surface area (Å²) in [5, 5.41) is 3.92. The smallest absolute Gasteiger partial charge is 0.264 e. The number of anilines is 1. The zero-order valence-electron chi connectivity index (χ0n) is 24.1. The molecule has 1 aliphatic carbocycles. The summed E-state index contributed by atoms with van der Waals surface area (Å²) in [5.41, 5.74) is 2.35. The van der Waals surface area contributed by atoms with Crippen LogP contribution in [-0.4, -0.2) is 43.8 Å². The maximum atomic E-state index is 14.2. The summed E-state index contributed by atoms with van der Waals surface area (Å²) in [7, 11) is -4.19. The molecule has 42 heavy (non-hydrogen) atoms. The van der Waals surface area contributed by atoms with Crippen molar-refractivity contribution in [2.75, 3.05) is 10.8 Å². The molecular formula is C32H37Cl2N3O4S. The van der Waals surface area contributed by atoms with E-state index in [1.54, 1.807) is 68.4 Å². The molecular weight excluding hydrogens is 593 g/mol. The second kappa shape index (κ2) is 13.9. The van der Waals surface area contributed by atoms with Gasteiger partial charge in [-0.2, -0.15) is 0 Å². The second-order valence-corrected chi connectivity index (χ2v) is 13.5. The largest absolute Gasteiger partial charge is 0.352 e. The minimum absolute atomic E-state index is 0.0324. The minimum atomic E-state index is -4.19. The Balaban J connectivity index is 1.72. The van der Waals surface area contributed by atoms with Crippen molar-refractivity contribution < 1.29 is 18.0 Å². The number of aryl methyl sites for hydroxylation is 1. The van der Waals surface area contributed by atoms with E-state index >= 15 is 0 Å². The van der Waals surface area contributed by atoms with Crippen molar-refractivity contribution in [2.24, 2.45) is 0 Å². The third-order valence-electron chi connectivity index (χ3n) is 7.81. The maximum absolute atomic E-state index is 14.2. The molecule has 1 N–H and O–H groups in total. The lowest BCUT2D eigenvalue weighted by atomic mass is 9.95. The molecule has 0 radical (unpaired) electrons. The van der Waals surface area contributed by atoms with Crippen LogP contribution in [0.4, 0.5) is 5.69 Å². The number of hydrogen-bond donors (Lipinski definition) is 1. The van der Waals surface area contributed by atoms with Crippen molar-refractivity contribution >= 4 is 50.7 Å². The third-order valence-corrected chi connectivity index (χ3v) is 10.4. The van der Waals surface area contributed by atoms with Crippen LogP contribution < -0.4 is 9.62 Å². The van der Waals surface area contributed by atoms with Crippen molar-refractivity contribution in [3.63, 3.8) is 0 Å². The molecule has 1 atom stereocenters. The van der Waals surface area contributed by atoms with E-state index in [1.165, 1.54) is 17.0 Å². The first-order valence-corrected chi connectivity index (χ1v) is 16.4. The highest BCUT2D eigenvalue weighted by Crippen LogP contribution is 2.31. The highest BCUT2D eigenvalue weighted by atomic mass is 35.5. The Kier molecular flexibility index (Phi) is 10.6. The molecule has 2 amide bonds. The van der Waals surface area contributed by atoms with E-state index in [1.807, 2.05) is 6.92 Å². The number of halogens is 2. The molecule has 0 spiro atoms. The summed E-state index contributed by atoms with van der Waals surface area (Å²) in [6.45, 7) is 4.73. The Morgan fingerprint density at radius 1 is 0.905 bits per heavy atom. The van der Waals surface area contributed by atoms with Crippen LogP contribution in [0.15, 0.2) is 71.6 Å². The number of hydrogen-bond acceptors (Lipinski definition) is 4. The van der Waals surface area contributed by atoms with E-state index in [0.29, 0.717) is 21.2 Å². The Labute approximate surface area is 258 Å². The van der Waals surface area contributed by atoms with Gasteiger partial charge < -0.3 is 10.2 Å². The highest BCUT2D eigenvalue weighted by Gasteiger charge is 2.34. The number of rotatable bonds is 10. The minimum Gasteiger partial charge on any atom is -0.352 e.